The van der Waals surface area contributed by atoms with E-state index in [2.05, 4.69) is 32.3 Å². The summed E-state index contributed by atoms with van der Waals surface area (Å²) in [7, 11) is 0. The lowest BCUT2D eigenvalue weighted by Gasteiger charge is -2.15. The van der Waals surface area contributed by atoms with Gasteiger partial charge < -0.3 is 4.98 Å². The topological polar surface area (TPSA) is 46.0 Å². The van der Waals surface area contributed by atoms with Crippen LogP contribution in [-0.4, -0.2) is 19.4 Å². The van der Waals surface area contributed by atoms with E-state index in [1.54, 1.807) is 0 Å². The van der Waals surface area contributed by atoms with E-state index in [1.165, 1.54) is 25.0 Å². The molecule has 0 saturated heterocycles. The Bertz CT molecular complexity index is 709. The summed E-state index contributed by atoms with van der Waals surface area (Å²) in [6.07, 6.45) is 9.78. The molecule has 92 valence electrons. The first-order valence-electron chi connectivity index (χ1n) is 6.64. The molecule has 0 bridgehead atoms. The molecule has 1 saturated carbocycles. The SMILES string of the molecule is C[C@@H]1CCC[C@@H]1c1cnc2cnc3[nH]ccc3n12. The van der Waals surface area contributed by atoms with Gasteiger partial charge in [0.25, 0.3) is 0 Å². The normalized spacial score (nSPS) is 24.3. The first-order chi connectivity index (χ1) is 8.84. The molecule has 3 aromatic rings. The van der Waals surface area contributed by atoms with Crippen molar-refractivity contribution in [1.82, 2.24) is 19.4 Å². The van der Waals surface area contributed by atoms with Crippen LogP contribution in [0.25, 0.3) is 16.8 Å². The highest BCUT2D eigenvalue weighted by molar-refractivity contribution is 5.74. The summed E-state index contributed by atoms with van der Waals surface area (Å²) in [5.41, 5.74) is 4.38. The predicted molar refractivity (Wildman–Crippen MR) is 70.6 cm³/mol. The number of nitrogens with zero attached hydrogens (tertiary/aromatic N) is 3. The van der Waals surface area contributed by atoms with Crippen LogP contribution in [-0.2, 0) is 0 Å². The Morgan fingerprint density at radius 1 is 1.28 bits per heavy atom. The third kappa shape index (κ3) is 1.26. The van der Waals surface area contributed by atoms with Crippen molar-refractivity contribution in [3.63, 3.8) is 0 Å². The summed E-state index contributed by atoms with van der Waals surface area (Å²) in [4.78, 5) is 12.1. The minimum atomic E-state index is 0.639. The Kier molecular flexibility index (Phi) is 2.01. The van der Waals surface area contributed by atoms with Gasteiger partial charge in [0.15, 0.2) is 11.3 Å². The molecular weight excluding hydrogens is 224 g/mol. The van der Waals surface area contributed by atoms with Gasteiger partial charge in [-0.2, -0.15) is 0 Å². The van der Waals surface area contributed by atoms with Crippen molar-refractivity contribution in [2.45, 2.75) is 32.1 Å². The molecule has 0 unspecified atom stereocenters. The third-order valence-electron chi connectivity index (χ3n) is 4.31. The van der Waals surface area contributed by atoms with Crippen molar-refractivity contribution in [2.24, 2.45) is 5.92 Å². The number of aromatic amines is 1. The fourth-order valence-corrected chi connectivity index (χ4v) is 3.34. The smallest absolute Gasteiger partial charge is 0.156 e. The van der Waals surface area contributed by atoms with Crippen LogP contribution < -0.4 is 0 Å². The average molecular weight is 240 g/mol. The fraction of sp³-hybridized carbons (Fsp3) is 0.429. The highest BCUT2D eigenvalue weighted by Gasteiger charge is 2.27. The highest BCUT2D eigenvalue weighted by Crippen LogP contribution is 2.39. The Morgan fingerprint density at radius 2 is 2.22 bits per heavy atom. The van der Waals surface area contributed by atoms with Gasteiger partial charge in [0.1, 0.15) is 0 Å². The van der Waals surface area contributed by atoms with E-state index >= 15 is 0 Å². The monoisotopic (exact) mass is 240 g/mol. The second-order valence-corrected chi connectivity index (χ2v) is 5.36. The van der Waals surface area contributed by atoms with E-state index in [4.69, 9.17) is 0 Å². The van der Waals surface area contributed by atoms with E-state index in [9.17, 15) is 0 Å². The van der Waals surface area contributed by atoms with Gasteiger partial charge in [0.05, 0.1) is 11.7 Å². The van der Waals surface area contributed by atoms with Gasteiger partial charge in [-0.15, -0.1) is 0 Å². The van der Waals surface area contributed by atoms with Crippen molar-refractivity contribution in [2.75, 3.05) is 0 Å². The van der Waals surface area contributed by atoms with Crippen molar-refractivity contribution in [1.29, 1.82) is 0 Å². The van der Waals surface area contributed by atoms with Crippen molar-refractivity contribution in [3.8, 4) is 0 Å². The van der Waals surface area contributed by atoms with Crippen molar-refractivity contribution in [3.05, 3.63) is 30.4 Å². The molecule has 3 heterocycles. The van der Waals surface area contributed by atoms with E-state index in [-0.39, 0.29) is 0 Å². The van der Waals surface area contributed by atoms with Gasteiger partial charge in [-0.3, -0.25) is 4.40 Å². The molecule has 3 aromatic heterocycles. The van der Waals surface area contributed by atoms with Gasteiger partial charge in [-0.05, 0) is 18.4 Å². The average Bonchev–Trinajstić information content (AvgIpc) is 3.04. The maximum atomic E-state index is 4.51. The summed E-state index contributed by atoms with van der Waals surface area (Å²) >= 11 is 0. The number of imidazole rings is 1. The molecule has 2 atom stereocenters. The van der Waals surface area contributed by atoms with E-state index in [0.717, 1.165) is 22.7 Å². The van der Waals surface area contributed by atoms with Gasteiger partial charge in [-0.1, -0.05) is 19.8 Å². The number of hydrogen-bond acceptors (Lipinski definition) is 2. The molecule has 4 heteroatoms. The lowest BCUT2D eigenvalue weighted by molar-refractivity contribution is 0.521. The summed E-state index contributed by atoms with van der Waals surface area (Å²) in [6.45, 7) is 2.35. The first-order valence-corrected chi connectivity index (χ1v) is 6.64. The van der Waals surface area contributed by atoms with Crippen LogP contribution in [0.1, 0.15) is 37.8 Å². The molecule has 0 amide bonds. The quantitative estimate of drug-likeness (QED) is 0.710. The minimum absolute atomic E-state index is 0.639. The third-order valence-corrected chi connectivity index (χ3v) is 4.31. The fourth-order valence-electron chi connectivity index (χ4n) is 3.34. The van der Waals surface area contributed by atoms with Gasteiger partial charge in [-0.25, -0.2) is 9.97 Å². The number of nitrogens with one attached hydrogen (secondary N) is 1. The molecule has 18 heavy (non-hydrogen) atoms. The van der Waals surface area contributed by atoms with E-state index < -0.39 is 0 Å². The number of fused-ring (bicyclic) bond motifs is 3. The van der Waals surface area contributed by atoms with Crippen LogP contribution in [0, 0.1) is 5.92 Å². The van der Waals surface area contributed by atoms with Gasteiger partial charge in [0.2, 0.25) is 0 Å². The molecule has 1 aliphatic carbocycles. The summed E-state index contributed by atoms with van der Waals surface area (Å²) in [6, 6.07) is 2.08. The molecule has 1 fully saturated rings. The van der Waals surface area contributed by atoms with Crippen molar-refractivity contribution >= 4 is 16.8 Å². The summed E-state index contributed by atoms with van der Waals surface area (Å²) in [5.74, 6) is 1.40. The number of aromatic nitrogens is 4. The number of rotatable bonds is 1. The maximum Gasteiger partial charge on any atom is 0.156 e. The molecule has 0 spiro atoms. The summed E-state index contributed by atoms with van der Waals surface area (Å²) in [5, 5.41) is 0. The Hall–Kier alpha value is -1.84. The lowest BCUT2D eigenvalue weighted by Crippen LogP contribution is -2.06. The Balaban J connectivity index is 2.02. The van der Waals surface area contributed by atoms with Gasteiger partial charge in [0, 0.05) is 24.0 Å². The number of hydrogen-bond donors (Lipinski definition) is 1. The second-order valence-electron chi connectivity index (χ2n) is 5.36. The largest absolute Gasteiger partial charge is 0.345 e. The molecule has 1 aliphatic rings. The van der Waals surface area contributed by atoms with Crippen LogP contribution in [0.5, 0.6) is 0 Å². The molecule has 0 radical (unpaired) electrons. The lowest BCUT2D eigenvalue weighted by atomic mass is 9.95. The van der Waals surface area contributed by atoms with Crippen LogP contribution in [0.2, 0.25) is 0 Å². The molecule has 4 rings (SSSR count). The highest BCUT2D eigenvalue weighted by atomic mass is 15.1. The van der Waals surface area contributed by atoms with E-state index in [0.29, 0.717) is 5.92 Å². The minimum Gasteiger partial charge on any atom is -0.345 e. The zero-order valence-corrected chi connectivity index (χ0v) is 10.4. The molecule has 1 N–H and O–H groups in total. The van der Waals surface area contributed by atoms with Crippen LogP contribution >= 0.6 is 0 Å². The first kappa shape index (κ1) is 10.1. The predicted octanol–water partition coefficient (Wildman–Crippen LogP) is 3.11. The van der Waals surface area contributed by atoms with Crippen molar-refractivity contribution < 1.29 is 0 Å². The van der Waals surface area contributed by atoms with Crippen LogP contribution in [0.3, 0.4) is 0 Å². The van der Waals surface area contributed by atoms with E-state index in [1.807, 2.05) is 18.6 Å². The second kappa shape index (κ2) is 3.57. The van der Waals surface area contributed by atoms with Gasteiger partial charge >= 0.3 is 0 Å². The zero-order chi connectivity index (χ0) is 12.1. The molecular formula is C14H16N4. The maximum absolute atomic E-state index is 4.51. The molecule has 0 aromatic carbocycles. The Morgan fingerprint density at radius 3 is 3.06 bits per heavy atom. The summed E-state index contributed by atoms with van der Waals surface area (Å²) < 4.78 is 2.27. The van der Waals surface area contributed by atoms with Crippen LogP contribution in [0.15, 0.2) is 24.7 Å². The Labute approximate surface area is 105 Å². The number of H-pyrrole nitrogens is 1. The molecule has 4 nitrogen and oxygen atoms in total. The molecule has 0 aliphatic heterocycles. The standard InChI is InChI=1S/C14H16N4/c1-9-3-2-4-10(9)12-7-16-13-8-17-14-11(18(12)13)5-6-15-14/h5-10,15H,2-4H2,1H3/t9-,10+/m1/s1. The van der Waals surface area contributed by atoms with Crippen LogP contribution in [0.4, 0.5) is 0 Å². The zero-order valence-electron chi connectivity index (χ0n) is 10.4.